The van der Waals surface area contributed by atoms with Gasteiger partial charge in [-0.2, -0.15) is 0 Å². The van der Waals surface area contributed by atoms with Gasteiger partial charge in [-0.3, -0.25) is 0 Å². The van der Waals surface area contributed by atoms with Crippen molar-refractivity contribution in [2.24, 2.45) is 15.1 Å². The van der Waals surface area contributed by atoms with Gasteiger partial charge in [0.1, 0.15) is 6.34 Å². The highest BCUT2D eigenvalue weighted by Gasteiger charge is 2.18. The third-order valence-corrected chi connectivity index (χ3v) is 1.75. The molecule has 0 fully saturated rings. The Labute approximate surface area is 57.9 Å². The van der Waals surface area contributed by atoms with Crippen LogP contribution in [0.15, 0.2) is 9.98 Å². The van der Waals surface area contributed by atoms with Crippen molar-refractivity contribution in [3.8, 4) is 0 Å². The van der Waals surface area contributed by atoms with Gasteiger partial charge in [0.15, 0.2) is 0 Å². The number of rotatable bonds is 1. The first-order chi connectivity index (χ1) is 4.61. The predicted molar refractivity (Wildman–Crippen MR) is 37.0 cm³/mol. The van der Waals surface area contributed by atoms with E-state index in [9.17, 15) is 8.42 Å². The number of hydrogen-bond acceptors (Lipinski definition) is 5. The van der Waals surface area contributed by atoms with Gasteiger partial charge in [0.25, 0.3) is 10.0 Å². The van der Waals surface area contributed by atoms with Gasteiger partial charge in [0.05, 0.1) is 6.34 Å². The first-order valence-corrected chi connectivity index (χ1v) is 4.02. The minimum atomic E-state index is -3.63. The summed E-state index contributed by atoms with van der Waals surface area (Å²) in [7, 11) is -3.63. The molecule has 0 spiro atoms. The number of nitrogens with zero attached hydrogens (tertiary/aromatic N) is 2. The molecule has 1 unspecified atom stereocenters. The molecule has 10 heavy (non-hydrogen) atoms. The van der Waals surface area contributed by atoms with Crippen LogP contribution < -0.4 is 10.5 Å². The molecule has 0 aromatic carbocycles. The summed E-state index contributed by atoms with van der Waals surface area (Å²) in [5, 5.41) is 7.10. The van der Waals surface area contributed by atoms with Crippen LogP contribution in [-0.2, 0) is 10.0 Å². The second-order valence-corrected chi connectivity index (χ2v) is 3.28. The van der Waals surface area contributed by atoms with Crippen LogP contribution in [0.1, 0.15) is 0 Å². The van der Waals surface area contributed by atoms with Crippen molar-refractivity contribution < 1.29 is 8.42 Å². The number of nitrogens with two attached hydrogens (primary N) is 1. The smallest absolute Gasteiger partial charge is 0.251 e. The first kappa shape index (κ1) is 7.16. The van der Waals surface area contributed by atoms with Crippen LogP contribution in [0.2, 0.25) is 0 Å². The minimum Gasteiger partial charge on any atom is -0.341 e. The highest BCUT2D eigenvalue weighted by Crippen LogP contribution is 1.93. The molecule has 1 heterocycles. The molecule has 0 bridgehead atoms. The molecule has 0 radical (unpaired) electrons. The number of primary sulfonamides is 1. The highest BCUT2D eigenvalue weighted by atomic mass is 32.2. The van der Waals surface area contributed by atoms with E-state index in [1.165, 1.54) is 6.34 Å². The minimum absolute atomic E-state index is 1.08. The van der Waals surface area contributed by atoms with E-state index in [1.54, 1.807) is 0 Å². The normalized spacial score (nSPS) is 24.3. The second kappa shape index (κ2) is 2.35. The fourth-order valence-corrected chi connectivity index (χ4v) is 0.936. The molecule has 1 rings (SSSR count). The Hall–Kier alpha value is -0.950. The van der Waals surface area contributed by atoms with Gasteiger partial charge in [0, 0.05) is 0 Å². The van der Waals surface area contributed by atoms with E-state index in [1.807, 2.05) is 0 Å². The molecule has 0 aliphatic carbocycles. The van der Waals surface area contributed by atoms with Crippen molar-refractivity contribution >= 4 is 22.7 Å². The molecule has 0 amide bonds. The van der Waals surface area contributed by atoms with Gasteiger partial charge >= 0.3 is 0 Å². The Morgan fingerprint density at radius 1 is 1.60 bits per heavy atom. The maximum atomic E-state index is 10.5. The summed E-state index contributed by atoms with van der Waals surface area (Å²) in [5.41, 5.74) is -1.08. The molecule has 7 heteroatoms. The van der Waals surface area contributed by atoms with Crippen molar-refractivity contribution in [1.82, 2.24) is 5.32 Å². The van der Waals surface area contributed by atoms with Crippen LogP contribution in [0.5, 0.6) is 0 Å². The Balaban J connectivity index is 2.79. The Morgan fingerprint density at radius 3 is 2.60 bits per heavy atom. The average molecular weight is 162 g/mol. The molecular formula is C3H6N4O2S. The molecule has 0 aromatic rings. The fourth-order valence-electron chi connectivity index (χ4n) is 0.462. The SMILES string of the molecule is NS(=O)(=O)C1N=CN=CN1. The molecule has 1 atom stereocenters. The molecule has 1 aliphatic rings. The monoisotopic (exact) mass is 162 g/mol. The van der Waals surface area contributed by atoms with Crippen molar-refractivity contribution in [2.75, 3.05) is 0 Å². The third kappa shape index (κ3) is 1.52. The van der Waals surface area contributed by atoms with Crippen LogP contribution in [-0.4, -0.2) is 26.6 Å². The Kier molecular flexibility index (Phi) is 1.68. The van der Waals surface area contributed by atoms with Gasteiger partial charge in [0.2, 0.25) is 5.50 Å². The summed E-state index contributed by atoms with van der Waals surface area (Å²) >= 11 is 0. The number of aliphatic imine (C=N–C) groups is 2. The fraction of sp³-hybridized carbons (Fsp3) is 0.333. The van der Waals surface area contributed by atoms with Crippen molar-refractivity contribution in [3.63, 3.8) is 0 Å². The average Bonchev–Trinajstić information content (AvgIpc) is 1.88. The lowest BCUT2D eigenvalue weighted by atomic mass is 10.9. The van der Waals surface area contributed by atoms with Crippen LogP contribution in [0, 0.1) is 0 Å². The van der Waals surface area contributed by atoms with Gasteiger partial charge in [-0.25, -0.2) is 23.5 Å². The Bertz CT molecular complexity index is 266. The van der Waals surface area contributed by atoms with E-state index in [2.05, 4.69) is 15.3 Å². The number of nitrogens with one attached hydrogen (secondary N) is 1. The topological polar surface area (TPSA) is 96.9 Å². The van der Waals surface area contributed by atoms with Gasteiger partial charge in [-0.15, -0.1) is 0 Å². The van der Waals surface area contributed by atoms with Crippen LogP contribution in [0.25, 0.3) is 0 Å². The summed E-state index contributed by atoms with van der Waals surface area (Å²) in [6.07, 6.45) is 2.35. The highest BCUT2D eigenvalue weighted by molar-refractivity contribution is 7.89. The van der Waals surface area contributed by atoms with E-state index in [-0.39, 0.29) is 0 Å². The first-order valence-electron chi connectivity index (χ1n) is 2.41. The largest absolute Gasteiger partial charge is 0.341 e. The number of sulfonamides is 1. The summed E-state index contributed by atoms with van der Waals surface area (Å²) < 4.78 is 21.1. The molecule has 0 saturated carbocycles. The molecule has 6 nitrogen and oxygen atoms in total. The molecule has 3 N–H and O–H groups in total. The maximum Gasteiger partial charge on any atom is 0.251 e. The zero-order chi connectivity index (χ0) is 7.61. The van der Waals surface area contributed by atoms with E-state index in [0.717, 1.165) is 6.34 Å². The van der Waals surface area contributed by atoms with Crippen molar-refractivity contribution in [3.05, 3.63) is 0 Å². The zero-order valence-electron chi connectivity index (χ0n) is 4.93. The molecule has 1 aliphatic heterocycles. The van der Waals surface area contributed by atoms with E-state index in [4.69, 9.17) is 5.14 Å². The summed E-state index contributed by atoms with van der Waals surface area (Å²) in [5.74, 6) is 0. The summed E-state index contributed by atoms with van der Waals surface area (Å²) in [6, 6.07) is 0. The van der Waals surface area contributed by atoms with Crippen molar-refractivity contribution in [2.45, 2.75) is 5.50 Å². The predicted octanol–water partition coefficient (Wildman–Crippen LogP) is -1.78. The van der Waals surface area contributed by atoms with Crippen LogP contribution >= 0.6 is 0 Å². The molecule has 0 aromatic heterocycles. The van der Waals surface area contributed by atoms with Gasteiger partial charge < -0.3 is 5.32 Å². The quantitative estimate of drug-likeness (QED) is 0.477. The lowest BCUT2D eigenvalue weighted by Crippen LogP contribution is -2.40. The summed E-state index contributed by atoms with van der Waals surface area (Å²) in [6.45, 7) is 0. The van der Waals surface area contributed by atoms with E-state index in [0.29, 0.717) is 0 Å². The van der Waals surface area contributed by atoms with Crippen molar-refractivity contribution in [1.29, 1.82) is 0 Å². The van der Waals surface area contributed by atoms with Gasteiger partial charge in [-0.1, -0.05) is 0 Å². The molecular weight excluding hydrogens is 156 g/mol. The lowest BCUT2D eigenvalue weighted by molar-refractivity contribution is 0.578. The van der Waals surface area contributed by atoms with Crippen LogP contribution in [0.3, 0.4) is 0 Å². The van der Waals surface area contributed by atoms with E-state index >= 15 is 0 Å². The number of hydrogen-bond donors (Lipinski definition) is 2. The lowest BCUT2D eigenvalue weighted by Gasteiger charge is -2.10. The van der Waals surface area contributed by atoms with E-state index < -0.39 is 15.5 Å². The maximum absolute atomic E-state index is 10.5. The standard InChI is InChI=1S/C3H6N4O2S/c4-10(8,9)3-6-1-5-2-7-3/h1-3H,(H2,4,8,9)(H,5,6,7). The zero-order valence-corrected chi connectivity index (χ0v) is 5.75. The van der Waals surface area contributed by atoms with Gasteiger partial charge in [-0.05, 0) is 0 Å². The second-order valence-electron chi connectivity index (χ2n) is 1.65. The molecule has 0 saturated heterocycles. The van der Waals surface area contributed by atoms with Crippen LogP contribution in [0.4, 0.5) is 0 Å². The Morgan fingerprint density at radius 2 is 2.30 bits per heavy atom. The summed E-state index contributed by atoms with van der Waals surface area (Å²) in [4.78, 5) is 6.95. The molecule has 56 valence electrons. The third-order valence-electron chi connectivity index (χ3n) is 0.872.